The molecule has 0 saturated heterocycles. The lowest BCUT2D eigenvalue weighted by Crippen LogP contribution is -2.19. The number of aryl methyl sites for hydroxylation is 2. The van der Waals surface area contributed by atoms with E-state index in [-0.39, 0.29) is 11.1 Å². The van der Waals surface area contributed by atoms with Crippen LogP contribution in [0.1, 0.15) is 33.9 Å². The van der Waals surface area contributed by atoms with Gasteiger partial charge in [-0.05, 0) is 55.3 Å². The van der Waals surface area contributed by atoms with Crippen molar-refractivity contribution in [2.45, 2.75) is 19.8 Å². The third-order valence-corrected chi connectivity index (χ3v) is 7.54. The van der Waals surface area contributed by atoms with Gasteiger partial charge in [0.1, 0.15) is 11.5 Å². The van der Waals surface area contributed by atoms with Crippen LogP contribution in [0.15, 0.2) is 92.9 Å². The summed E-state index contributed by atoms with van der Waals surface area (Å²) in [6, 6.07) is 24.2. The Morgan fingerprint density at radius 3 is 1.68 bits per heavy atom. The van der Waals surface area contributed by atoms with Gasteiger partial charge in [0.2, 0.25) is 0 Å². The maximum Gasteiger partial charge on any atom is 0.268 e. The van der Waals surface area contributed by atoms with Gasteiger partial charge >= 0.3 is 0 Å². The number of aromatic nitrogens is 4. The van der Waals surface area contributed by atoms with Crippen molar-refractivity contribution in [1.82, 2.24) is 20.4 Å². The molecule has 0 amide bonds. The molecule has 4 N–H and O–H groups in total. The largest absolute Gasteiger partial charge is 0.460 e. The van der Waals surface area contributed by atoms with Crippen molar-refractivity contribution in [3.63, 3.8) is 0 Å². The zero-order valence-corrected chi connectivity index (χ0v) is 23.1. The number of hydrogen-bond donors (Lipinski definition) is 4. The van der Waals surface area contributed by atoms with Gasteiger partial charge in [-0.15, -0.1) is 0 Å². The van der Waals surface area contributed by atoms with Crippen molar-refractivity contribution in [3.8, 4) is 33.8 Å². The molecule has 0 saturated carbocycles. The Morgan fingerprint density at radius 2 is 1.18 bits per heavy atom. The Kier molecular flexibility index (Phi) is 6.62. The Morgan fingerprint density at radius 1 is 0.650 bits per heavy atom. The molecule has 200 valence electrons. The van der Waals surface area contributed by atoms with Gasteiger partial charge in [0.15, 0.2) is 0 Å². The zero-order chi connectivity index (χ0) is 28.0. The van der Waals surface area contributed by atoms with E-state index >= 15 is 0 Å². The summed E-state index contributed by atoms with van der Waals surface area (Å²) in [5.41, 5.74) is 5.49. The third kappa shape index (κ3) is 4.63. The summed E-state index contributed by atoms with van der Waals surface area (Å²) < 4.78 is 6.37. The van der Waals surface area contributed by atoms with E-state index in [2.05, 4.69) is 20.4 Å². The topological polar surface area (TPSA) is 110 Å². The van der Waals surface area contributed by atoms with Crippen molar-refractivity contribution in [2.75, 3.05) is 0 Å². The fourth-order valence-electron chi connectivity index (χ4n) is 4.95. The molecular formula is C31H24Cl2N4O3. The molecule has 0 bridgehead atoms. The first-order valence-corrected chi connectivity index (χ1v) is 13.4. The van der Waals surface area contributed by atoms with E-state index in [4.69, 9.17) is 27.6 Å². The molecule has 0 atom stereocenters. The molecule has 3 heterocycles. The number of furan rings is 1. The van der Waals surface area contributed by atoms with E-state index in [0.717, 1.165) is 22.3 Å². The highest BCUT2D eigenvalue weighted by atomic mass is 35.5. The van der Waals surface area contributed by atoms with Crippen molar-refractivity contribution in [2.24, 2.45) is 0 Å². The number of benzene rings is 3. The molecule has 0 aliphatic carbocycles. The third-order valence-electron chi connectivity index (χ3n) is 7.00. The van der Waals surface area contributed by atoms with Crippen LogP contribution in [0.5, 0.6) is 0 Å². The predicted molar refractivity (Wildman–Crippen MR) is 158 cm³/mol. The van der Waals surface area contributed by atoms with Crippen molar-refractivity contribution < 1.29 is 4.42 Å². The summed E-state index contributed by atoms with van der Waals surface area (Å²) >= 11 is 12.6. The molecule has 7 nitrogen and oxygen atoms in total. The summed E-state index contributed by atoms with van der Waals surface area (Å²) in [5, 5.41) is 12.4. The summed E-state index contributed by atoms with van der Waals surface area (Å²) in [6.07, 6.45) is 0. The van der Waals surface area contributed by atoms with Crippen LogP contribution < -0.4 is 11.1 Å². The lowest BCUT2D eigenvalue weighted by molar-refractivity contribution is 0.515. The molecular weight excluding hydrogens is 547 g/mol. The normalized spacial score (nSPS) is 11.4. The van der Waals surface area contributed by atoms with Crippen LogP contribution in [-0.4, -0.2) is 20.4 Å². The number of rotatable bonds is 6. The van der Waals surface area contributed by atoms with Gasteiger partial charge < -0.3 is 4.42 Å². The first-order valence-electron chi connectivity index (χ1n) is 12.6. The molecule has 3 aromatic carbocycles. The molecule has 6 rings (SSSR count). The van der Waals surface area contributed by atoms with Gasteiger partial charge in [0.05, 0.1) is 33.5 Å². The van der Waals surface area contributed by atoms with Crippen LogP contribution in [0, 0.1) is 13.8 Å². The fraction of sp³-hybridized carbons (Fsp3) is 0.0968. The number of H-pyrrole nitrogens is 4. The van der Waals surface area contributed by atoms with E-state index in [1.54, 1.807) is 30.3 Å². The number of aromatic amines is 4. The zero-order valence-electron chi connectivity index (χ0n) is 21.6. The second kappa shape index (κ2) is 10.3. The molecule has 0 fully saturated rings. The average molecular weight is 571 g/mol. The molecule has 0 spiro atoms. The molecule has 0 aliphatic heterocycles. The van der Waals surface area contributed by atoms with E-state index < -0.39 is 5.92 Å². The van der Waals surface area contributed by atoms with Crippen LogP contribution >= 0.6 is 23.2 Å². The minimum absolute atomic E-state index is 0.352. The minimum Gasteiger partial charge on any atom is -0.460 e. The molecule has 0 aliphatic rings. The molecule has 9 heteroatoms. The monoisotopic (exact) mass is 570 g/mol. The van der Waals surface area contributed by atoms with Gasteiger partial charge in [0, 0.05) is 10.6 Å². The quantitative estimate of drug-likeness (QED) is 0.167. The predicted octanol–water partition coefficient (Wildman–Crippen LogP) is 7.42. The van der Waals surface area contributed by atoms with Crippen LogP contribution in [0.4, 0.5) is 0 Å². The first kappa shape index (κ1) is 25.8. The lowest BCUT2D eigenvalue weighted by atomic mass is 9.86. The van der Waals surface area contributed by atoms with Crippen LogP contribution in [-0.2, 0) is 0 Å². The van der Waals surface area contributed by atoms with E-state index in [9.17, 15) is 9.59 Å². The summed E-state index contributed by atoms with van der Waals surface area (Å²) in [4.78, 5) is 27.0. The van der Waals surface area contributed by atoms with Crippen molar-refractivity contribution in [3.05, 3.63) is 138 Å². The number of nitrogens with one attached hydrogen (secondary N) is 4. The summed E-state index contributed by atoms with van der Waals surface area (Å²) in [5.74, 6) is 0.0183. The highest BCUT2D eigenvalue weighted by molar-refractivity contribution is 6.36. The van der Waals surface area contributed by atoms with E-state index in [1.165, 1.54) is 0 Å². The van der Waals surface area contributed by atoms with Crippen LogP contribution in [0.2, 0.25) is 10.0 Å². The van der Waals surface area contributed by atoms with Gasteiger partial charge in [-0.3, -0.25) is 30.0 Å². The van der Waals surface area contributed by atoms with E-state index in [0.29, 0.717) is 49.6 Å². The van der Waals surface area contributed by atoms with Gasteiger partial charge in [-0.2, -0.15) is 0 Å². The standard InChI is InChI=1S/C31H24Cl2N4O3/c1-16-3-7-18(8-4-16)28-26(30(38)36-34-28)25(24-14-13-23(40-24)21-12-11-20(32)15-22(21)33)27-29(35-37-31(27)39)19-9-5-17(2)6-10-19/h3-15,25H,1-2H3,(H2,34,36,38)(H2,35,37,39). The molecule has 0 radical (unpaired) electrons. The van der Waals surface area contributed by atoms with Crippen LogP contribution in [0.3, 0.4) is 0 Å². The van der Waals surface area contributed by atoms with Crippen LogP contribution in [0.25, 0.3) is 33.8 Å². The highest BCUT2D eigenvalue weighted by Crippen LogP contribution is 2.40. The molecule has 0 unspecified atom stereocenters. The lowest BCUT2D eigenvalue weighted by Gasteiger charge is -2.15. The van der Waals surface area contributed by atoms with Gasteiger partial charge in [-0.1, -0.05) is 82.9 Å². The van der Waals surface area contributed by atoms with Gasteiger partial charge in [-0.25, -0.2) is 0 Å². The number of hydrogen-bond acceptors (Lipinski definition) is 3. The maximum absolute atomic E-state index is 13.5. The highest BCUT2D eigenvalue weighted by Gasteiger charge is 2.33. The smallest absolute Gasteiger partial charge is 0.268 e. The van der Waals surface area contributed by atoms with E-state index in [1.807, 2.05) is 62.4 Å². The molecule has 3 aromatic heterocycles. The Bertz CT molecular complexity index is 1840. The van der Waals surface area contributed by atoms with Gasteiger partial charge in [0.25, 0.3) is 11.1 Å². The Labute approximate surface area is 238 Å². The second-order valence-electron chi connectivity index (χ2n) is 9.73. The fourth-order valence-corrected chi connectivity index (χ4v) is 5.45. The Hall–Kier alpha value is -4.46. The second-order valence-corrected chi connectivity index (χ2v) is 10.6. The average Bonchev–Trinajstić information content (AvgIpc) is 3.66. The summed E-state index contributed by atoms with van der Waals surface area (Å²) in [7, 11) is 0. The maximum atomic E-state index is 13.5. The Balaban J connectivity index is 1.60. The minimum atomic E-state index is -0.863. The molecule has 40 heavy (non-hydrogen) atoms. The number of halogens is 2. The summed E-state index contributed by atoms with van der Waals surface area (Å²) in [6.45, 7) is 3.99. The first-order chi connectivity index (χ1) is 19.3. The van der Waals surface area contributed by atoms with Crippen molar-refractivity contribution in [1.29, 1.82) is 0 Å². The SMILES string of the molecule is Cc1ccc(-c2[nH][nH]c(=O)c2C(c2ccc(-c3ccc(Cl)cc3Cl)o2)c2c(-c3ccc(C)cc3)[nH][nH]c2=O)cc1. The van der Waals surface area contributed by atoms with Crippen molar-refractivity contribution >= 4 is 23.2 Å². The molecule has 6 aromatic rings.